The van der Waals surface area contributed by atoms with Crippen LogP contribution in [0, 0.1) is 0 Å². The van der Waals surface area contributed by atoms with Crippen LogP contribution in [-0.2, 0) is 27.9 Å². The van der Waals surface area contributed by atoms with Gasteiger partial charge in [0.15, 0.2) is 0 Å². The standard InChI is InChI=1S/C67H123N2O7P/c1-7-10-13-16-19-22-25-28-30-31-32-33-34-35-36-37-39-41-44-47-50-53-56-59-66(70)68-64(63-75-77(72,73)74-62-61-69(4,5)6)65(58-55-52-49-46-43-40-27-24-21-18-15-12-9-3)76-67(71)60-57-54-51-48-45-42-38-29-26-23-20-17-14-11-8-2/h19,22-23,26,28,30,32-33,35-36,55,58,64-65H,7-18,20-21,24-25,27,29,31,34,37-54,56-57,59-63H2,1-6H3,(H-,68,70,72,73)/b22-19-,26-23-,30-28-,33-32-,36-35-,58-55-. The van der Waals surface area contributed by atoms with Crippen LogP contribution in [0.4, 0.5) is 0 Å². The molecule has 1 amide bonds. The Hall–Kier alpha value is -2.55. The average molecular weight is 1100 g/mol. The molecule has 3 atom stereocenters. The molecule has 3 unspecified atom stereocenters. The number of hydrogen-bond acceptors (Lipinski definition) is 7. The fraction of sp³-hybridized carbons (Fsp3) is 0.791. The van der Waals surface area contributed by atoms with Crippen LogP contribution < -0.4 is 10.2 Å². The van der Waals surface area contributed by atoms with E-state index >= 15 is 0 Å². The van der Waals surface area contributed by atoms with E-state index in [2.05, 4.69) is 86.8 Å². The summed E-state index contributed by atoms with van der Waals surface area (Å²) >= 11 is 0. The molecule has 448 valence electrons. The maximum atomic E-state index is 13.6. The van der Waals surface area contributed by atoms with E-state index in [1.807, 2.05) is 33.3 Å². The molecule has 0 radical (unpaired) electrons. The minimum atomic E-state index is -4.71. The van der Waals surface area contributed by atoms with E-state index in [1.54, 1.807) is 0 Å². The van der Waals surface area contributed by atoms with E-state index in [0.717, 1.165) is 103 Å². The third kappa shape index (κ3) is 57.9. The number of hydrogen-bond donors (Lipinski definition) is 1. The molecular formula is C67H123N2O7P. The molecule has 0 heterocycles. The smallest absolute Gasteiger partial charge is 0.306 e. The van der Waals surface area contributed by atoms with Gasteiger partial charge < -0.3 is 28.5 Å². The number of carbonyl (C=O) groups excluding carboxylic acids is 2. The van der Waals surface area contributed by atoms with Crippen molar-refractivity contribution in [3.8, 4) is 0 Å². The molecule has 0 rings (SSSR count). The van der Waals surface area contributed by atoms with E-state index in [9.17, 15) is 19.0 Å². The van der Waals surface area contributed by atoms with Gasteiger partial charge in [0.1, 0.15) is 19.3 Å². The molecule has 0 saturated heterocycles. The van der Waals surface area contributed by atoms with Crippen LogP contribution in [0.2, 0.25) is 0 Å². The molecule has 0 spiro atoms. The van der Waals surface area contributed by atoms with E-state index < -0.39 is 26.6 Å². The Kier molecular flexibility index (Phi) is 54.8. The van der Waals surface area contributed by atoms with Gasteiger partial charge >= 0.3 is 5.97 Å². The molecule has 1 N–H and O–H groups in total. The van der Waals surface area contributed by atoms with Gasteiger partial charge in [-0.25, -0.2) is 0 Å². The van der Waals surface area contributed by atoms with Gasteiger partial charge in [-0.2, -0.15) is 0 Å². The van der Waals surface area contributed by atoms with Crippen molar-refractivity contribution < 1.29 is 37.3 Å². The summed E-state index contributed by atoms with van der Waals surface area (Å²) in [5.74, 6) is -0.554. The fourth-order valence-electron chi connectivity index (χ4n) is 9.09. The maximum Gasteiger partial charge on any atom is 0.306 e. The van der Waals surface area contributed by atoms with E-state index in [4.69, 9.17) is 13.8 Å². The third-order valence-corrected chi connectivity index (χ3v) is 15.1. The SMILES string of the molecule is CCCCC/C=C\C/C=C\C/C=C\C/C=C\CCCCCCCCCC(=O)NC(COP(=O)([O-])OCC[N+](C)(C)C)C(/C=C\CCCCCCCCCCCCC)OC(=O)CCCCCCCCC/C=C\CCCCCC. The van der Waals surface area contributed by atoms with E-state index in [1.165, 1.54) is 154 Å². The Morgan fingerprint density at radius 1 is 0.455 bits per heavy atom. The molecule has 0 aliphatic rings. The van der Waals surface area contributed by atoms with Crippen LogP contribution in [0.1, 0.15) is 290 Å². The predicted octanol–water partition coefficient (Wildman–Crippen LogP) is 19.4. The molecule has 9 nitrogen and oxygen atoms in total. The van der Waals surface area contributed by atoms with E-state index in [-0.39, 0.29) is 24.9 Å². The van der Waals surface area contributed by atoms with Crippen LogP contribution in [0.3, 0.4) is 0 Å². The normalized spacial score (nSPS) is 14.1. The number of esters is 1. The first kappa shape index (κ1) is 74.5. The molecule has 0 aliphatic heterocycles. The number of nitrogens with zero attached hydrogens (tertiary/aromatic N) is 1. The lowest BCUT2D eigenvalue weighted by atomic mass is 10.0. The van der Waals surface area contributed by atoms with Gasteiger partial charge in [-0.05, 0) is 102 Å². The fourth-order valence-corrected chi connectivity index (χ4v) is 9.81. The van der Waals surface area contributed by atoms with Crippen LogP contribution in [0.25, 0.3) is 0 Å². The summed E-state index contributed by atoms with van der Waals surface area (Å²) < 4.78 is 30.3. The molecule has 0 aromatic heterocycles. The molecule has 77 heavy (non-hydrogen) atoms. The third-order valence-electron chi connectivity index (χ3n) is 14.1. The Bertz CT molecular complexity index is 1550. The monoisotopic (exact) mass is 1100 g/mol. The Morgan fingerprint density at radius 3 is 1.23 bits per heavy atom. The quantitative estimate of drug-likeness (QED) is 0.0212. The molecule has 0 fully saturated rings. The number of ether oxygens (including phenoxy) is 1. The maximum absolute atomic E-state index is 13.6. The lowest BCUT2D eigenvalue weighted by molar-refractivity contribution is -0.870. The van der Waals surface area contributed by atoms with Gasteiger partial charge in [0.05, 0.1) is 33.8 Å². The van der Waals surface area contributed by atoms with Crippen molar-refractivity contribution >= 4 is 19.7 Å². The van der Waals surface area contributed by atoms with Gasteiger partial charge in [0, 0.05) is 12.8 Å². The second kappa shape index (κ2) is 56.7. The summed E-state index contributed by atoms with van der Waals surface area (Å²) in [6, 6.07) is -0.898. The molecule has 0 saturated carbocycles. The zero-order valence-electron chi connectivity index (χ0n) is 51.2. The van der Waals surface area contributed by atoms with Gasteiger partial charge in [0.25, 0.3) is 7.82 Å². The number of carbonyl (C=O) groups is 2. The number of nitrogens with one attached hydrogen (secondary N) is 1. The molecule has 0 bridgehead atoms. The molecule has 0 aromatic rings. The summed E-state index contributed by atoms with van der Waals surface area (Å²) in [6.45, 7) is 6.81. The highest BCUT2D eigenvalue weighted by Crippen LogP contribution is 2.38. The van der Waals surface area contributed by atoms with Crippen molar-refractivity contribution in [2.45, 2.75) is 303 Å². The second-order valence-electron chi connectivity index (χ2n) is 22.9. The number of unbranched alkanes of at least 4 members (excludes halogenated alkanes) is 32. The Morgan fingerprint density at radius 2 is 0.792 bits per heavy atom. The number of amides is 1. The minimum Gasteiger partial charge on any atom is -0.756 e. The molecular weight excluding hydrogens is 976 g/mol. The van der Waals surface area contributed by atoms with Gasteiger partial charge in [-0.15, -0.1) is 0 Å². The number of likely N-dealkylation sites (N-methyl/N-ethyl adjacent to an activating group) is 1. The van der Waals surface area contributed by atoms with Gasteiger partial charge in [-0.1, -0.05) is 248 Å². The van der Waals surface area contributed by atoms with Gasteiger partial charge in [0.2, 0.25) is 5.91 Å². The van der Waals surface area contributed by atoms with Crippen molar-refractivity contribution in [2.75, 3.05) is 40.9 Å². The zero-order valence-corrected chi connectivity index (χ0v) is 52.0. The lowest BCUT2D eigenvalue weighted by Crippen LogP contribution is -2.47. The van der Waals surface area contributed by atoms with Crippen LogP contribution >= 0.6 is 7.82 Å². The number of rotatable bonds is 58. The molecule has 0 aliphatic carbocycles. The highest BCUT2D eigenvalue weighted by atomic mass is 31.2. The van der Waals surface area contributed by atoms with E-state index in [0.29, 0.717) is 17.4 Å². The van der Waals surface area contributed by atoms with Crippen molar-refractivity contribution in [3.63, 3.8) is 0 Å². The van der Waals surface area contributed by atoms with Gasteiger partial charge in [-0.3, -0.25) is 14.2 Å². The number of phosphoric ester groups is 1. The van der Waals surface area contributed by atoms with Crippen molar-refractivity contribution in [2.24, 2.45) is 0 Å². The summed E-state index contributed by atoms with van der Waals surface area (Å²) in [4.78, 5) is 40.0. The minimum absolute atomic E-state index is 0.0272. The first-order chi connectivity index (χ1) is 37.4. The highest BCUT2D eigenvalue weighted by molar-refractivity contribution is 7.45. The largest absolute Gasteiger partial charge is 0.756 e. The molecule has 0 aromatic carbocycles. The topological polar surface area (TPSA) is 114 Å². The Labute approximate surface area is 476 Å². The predicted molar refractivity (Wildman–Crippen MR) is 330 cm³/mol. The molecule has 10 heteroatoms. The van der Waals surface area contributed by atoms with Crippen molar-refractivity contribution in [3.05, 3.63) is 72.9 Å². The van der Waals surface area contributed by atoms with Crippen molar-refractivity contribution in [1.82, 2.24) is 5.32 Å². The second-order valence-corrected chi connectivity index (χ2v) is 24.3. The lowest BCUT2D eigenvalue weighted by Gasteiger charge is -2.30. The first-order valence-electron chi connectivity index (χ1n) is 32.2. The van der Waals surface area contributed by atoms with Crippen LogP contribution in [-0.4, -0.2) is 69.4 Å². The van der Waals surface area contributed by atoms with Crippen LogP contribution in [0.5, 0.6) is 0 Å². The summed E-state index contributed by atoms with van der Waals surface area (Å²) in [7, 11) is 1.17. The highest BCUT2D eigenvalue weighted by Gasteiger charge is 2.27. The first-order valence-corrected chi connectivity index (χ1v) is 33.7. The van der Waals surface area contributed by atoms with Crippen LogP contribution in [0.15, 0.2) is 72.9 Å². The zero-order chi connectivity index (χ0) is 56.4. The summed E-state index contributed by atoms with van der Waals surface area (Å²) in [5, 5.41) is 3.03. The number of allylic oxidation sites excluding steroid dienone is 11. The number of quaternary nitrogens is 1. The summed E-state index contributed by atoms with van der Waals surface area (Å²) in [5.41, 5.74) is 0. The summed E-state index contributed by atoms with van der Waals surface area (Å²) in [6.07, 6.45) is 72.9. The average Bonchev–Trinajstić information content (AvgIpc) is 3.39. The van der Waals surface area contributed by atoms with Crippen molar-refractivity contribution in [1.29, 1.82) is 0 Å². The Balaban J connectivity index is 5.24. The number of phosphoric acid groups is 1.